The summed E-state index contributed by atoms with van der Waals surface area (Å²) in [6.45, 7) is 9.94. The van der Waals surface area contributed by atoms with E-state index in [9.17, 15) is 0 Å². The lowest BCUT2D eigenvalue weighted by Gasteiger charge is -2.14. The third-order valence-electron chi connectivity index (χ3n) is 3.66. The fourth-order valence-electron chi connectivity index (χ4n) is 2.43. The van der Waals surface area contributed by atoms with Gasteiger partial charge in [-0.25, -0.2) is 0 Å². The minimum Gasteiger partial charge on any atom is -0.384 e. The number of rotatable bonds is 11. The number of hydrogen-bond donors (Lipinski definition) is 2. The number of para-hydroxylation sites is 1. The zero-order chi connectivity index (χ0) is 14.6. The number of anilines is 1. The van der Waals surface area contributed by atoms with Gasteiger partial charge in [0, 0.05) is 18.8 Å². The van der Waals surface area contributed by atoms with Gasteiger partial charge in [0.1, 0.15) is 0 Å². The van der Waals surface area contributed by atoms with E-state index in [1.807, 2.05) is 0 Å². The van der Waals surface area contributed by atoms with Gasteiger partial charge in [0.2, 0.25) is 0 Å². The molecule has 0 unspecified atom stereocenters. The molecule has 2 N–H and O–H groups in total. The van der Waals surface area contributed by atoms with Crippen LogP contribution in [-0.2, 0) is 0 Å². The van der Waals surface area contributed by atoms with Crippen molar-refractivity contribution in [1.82, 2.24) is 5.32 Å². The molecule has 0 aliphatic carbocycles. The average molecular weight is 276 g/mol. The molecule has 20 heavy (non-hydrogen) atoms. The number of nitrogens with one attached hydrogen (secondary N) is 2. The van der Waals surface area contributed by atoms with E-state index in [0.29, 0.717) is 5.92 Å². The van der Waals surface area contributed by atoms with Gasteiger partial charge in [-0.05, 0) is 30.5 Å². The Hall–Kier alpha value is -1.02. The Kier molecular flexibility index (Phi) is 9.14. The molecule has 0 spiro atoms. The van der Waals surface area contributed by atoms with Gasteiger partial charge >= 0.3 is 0 Å². The molecule has 1 aromatic carbocycles. The van der Waals surface area contributed by atoms with Crippen LogP contribution in [-0.4, -0.2) is 19.6 Å². The smallest absolute Gasteiger partial charge is 0.0375 e. The largest absolute Gasteiger partial charge is 0.384 e. The van der Waals surface area contributed by atoms with E-state index in [4.69, 9.17) is 0 Å². The maximum Gasteiger partial charge on any atom is 0.0375 e. The van der Waals surface area contributed by atoms with Gasteiger partial charge in [-0.3, -0.25) is 0 Å². The van der Waals surface area contributed by atoms with Crippen molar-refractivity contribution in [1.29, 1.82) is 0 Å². The minimum atomic E-state index is 0.574. The van der Waals surface area contributed by atoms with Crippen LogP contribution < -0.4 is 10.6 Å². The van der Waals surface area contributed by atoms with Crippen molar-refractivity contribution in [2.75, 3.05) is 25.0 Å². The standard InChI is InChI=1S/C18H32N2/c1-4-5-6-7-10-13-19-14-15-20-18-12-9-8-11-17(18)16(2)3/h8-9,11-12,16,19-20H,4-7,10,13-15H2,1-3H3. The highest BCUT2D eigenvalue weighted by Gasteiger charge is 2.04. The molecule has 0 aliphatic rings. The van der Waals surface area contributed by atoms with Crippen molar-refractivity contribution < 1.29 is 0 Å². The molecule has 0 atom stereocenters. The predicted octanol–water partition coefficient (Wildman–Crippen LogP) is 4.78. The Labute approximate surface area is 125 Å². The summed E-state index contributed by atoms with van der Waals surface area (Å²) in [6, 6.07) is 8.62. The molecule has 1 aromatic rings. The minimum absolute atomic E-state index is 0.574. The lowest BCUT2D eigenvalue weighted by molar-refractivity contribution is 0.589. The molecule has 0 saturated carbocycles. The quantitative estimate of drug-likeness (QED) is 0.568. The molecule has 2 heteroatoms. The van der Waals surface area contributed by atoms with Crippen LogP contribution in [0.3, 0.4) is 0 Å². The van der Waals surface area contributed by atoms with Crippen LogP contribution in [0.1, 0.15) is 64.4 Å². The third-order valence-corrected chi connectivity index (χ3v) is 3.66. The number of benzene rings is 1. The van der Waals surface area contributed by atoms with Crippen molar-refractivity contribution in [3.63, 3.8) is 0 Å². The highest BCUT2D eigenvalue weighted by Crippen LogP contribution is 2.23. The first-order valence-electron chi connectivity index (χ1n) is 8.29. The van der Waals surface area contributed by atoms with Crippen molar-refractivity contribution in [3.8, 4) is 0 Å². The molecule has 0 fully saturated rings. The Morgan fingerprint density at radius 2 is 1.65 bits per heavy atom. The lowest BCUT2D eigenvalue weighted by Crippen LogP contribution is -2.23. The molecule has 0 radical (unpaired) electrons. The molecular weight excluding hydrogens is 244 g/mol. The predicted molar refractivity (Wildman–Crippen MR) is 90.6 cm³/mol. The molecule has 2 nitrogen and oxygen atoms in total. The van der Waals surface area contributed by atoms with E-state index < -0.39 is 0 Å². The fraction of sp³-hybridized carbons (Fsp3) is 0.667. The van der Waals surface area contributed by atoms with Gasteiger partial charge in [-0.1, -0.05) is 64.7 Å². The first kappa shape index (κ1) is 17.0. The van der Waals surface area contributed by atoms with E-state index in [-0.39, 0.29) is 0 Å². The summed E-state index contributed by atoms with van der Waals surface area (Å²) in [7, 11) is 0. The van der Waals surface area contributed by atoms with E-state index in [2.05, 4.69) is 55.7 Å². The van der Waals surface area contributed by atoms with Crippen molar-refractivity contribution >= 4 is 5.69 Å². The summed E-state index contributed by atoms with van der Waals surface area (Å²) in [4.78, 5) is 0. The number of hydrogen-bond acceptors (Lipinski definition) is 2. The molecule has 1 rings (SSSR count). The summed E-state index contributed by atoms with van der Waals surface area (Å²) in [5.74, 6) is 0.574. The fourth-order valence-corrected chi connectivity index (χ4v) is 2.43. The maximum atomic E-state index is 3.54. The van der Waals surface area contributed by atoms with E-state index >= 15 is 0 Å². The Balaban J connectivity index is 2.10. The topological polar surface area (TPSA) is 24.1 Å². The van der Waals surface area contributed by atoms with E-state index in [1.54, 1.807) is 0 Å². The Bertz CT molecular complexity index is 347. The molecule has 0 aliphatic heterocycles. The average Bonchev–Trinajstić information content (AvgIpc) is 2.46. The monoisotopic (exact) mass is 276 g/mol. The number of unbranched alkanes of at least 4 members (excludes halogenated alkanes) is 4. The summed E-state index contributed by atoms with van der Waals surface area (Å²) in [6.07, 6.45) is 6.77. The third kappa shape index (κ3) is 6.95. The molecule has 0 heterocycles. The molecule has 0 amide bonds. The van der Waals surface area contributed by atoms with Crippen molar-refractivity contribution in [2.24, 2.45) is 0 Å². The molecule has 0 saturated heterocycles. The second-order valence-corrected chi connectivity index (χ2v) is 5.83. The maximum absolute atomic E-state index is 3.54. The highest BCUT2D eigenvalue weighted by atomic mass is 14.9. The van der Waals surface area contributed by atoms with Crippen LogP contribution in [0, 0.1) is 0 Å². The van der Waals surface area contributed by atoms with Crippen molar-refractivity contribution in [2.45, 2.75) is 58.8 Å². The van der Waals surface area contributed by atoms with Crippen LogP contribution in [0.25, 0.3) is 0 Å². The van der Waals surface area contributed by atoms with Gasteiger partial charge in [-0.2, -0.15) is 0 Å². The zero-order valence-corrected chi connectivity index (χ0v) is 13.5. The summed E-state index contributed by atoms with van der Waals surface area (Å²) >= 11 is 0. The first-order valence-corrected chi connectivity index (χ1v) is 8.29. The van der Waals surface area contributed by atoms with Crippen LogP contribution in [0.2, 0.25) is 0 Å². The summed E-state index contributed by atoms with van der Waals surface area (Å²) in [5, 5.41) is 7.06. The van der Waals surface area contributed by atoms with Crippen LogP contribution >= 0.6 is 0 Å². The van der Waals surface area contributed by atoms with Crippen LogP contribution in [0.5, 0.6) is 0 Å². The normalized spacial score (nSPS) is 11.0. The zero-order valence-electron chi connectivity index (χ0n) is 13.5. The van der Waals surface area contributed by atoms with Gasteiger partial charge in [0.15, 0.2) is 0 Å². The molecule has 114 valence electrons. The van der Waals surface area contributed by atoms with Gasteiger partial charge in [-0.15, -0.1) is 0 Å². The second-order valence-electron chi connectivity index (χ2n) is 5.83. The molecule has 0 bridgehead atoms. The van der Waals surface area contributed by atoms with Crippen LogP contribution in [0.4, 0.5) is 5.69 Å². The van der Waals surface area contributed by atoms with E-state index in [0.717, 1.165) is 19.6 Å². The van der Waals surface area contributed by atoms with Crippen LogP contribution in [0.15, 0.2) is 24.3 Å². The van der Waals surface area contributed by atoms with Gasteiger partial charge in [0.25, 0.3) is 0 Å². The Morgan fingerprint density at radius 1 is 0.900 bits per heavy atom. The second kappa shape index (κ2) is 10.7. The Morgan fingerprint density at radius 3 is 2.40 bits per heavy atom. The van der Waals surface area contributed by atoms with E-state index in [1.165, 1.54) is 43.4 Å². The molecule has 0 aromatic heterocycles. The first-order chi connectivity index (χ1) is 9.75. The lowest BCUT2D eigenvalue weighted by atomic mass is 10.0. The van der Waals surface area contributed by atoms with Gasteiger partial charge in [0.05, 0.1) is 0 Å². The SMILES string of the molecule is CCCCCCCNCCNc1ccccc1C(C)C. The summed E-state index contributed by atoms with van der Waals surface area (Å²) < 4.78 is 0. The highest BCUT2D eigenvalue weighted by molar-refractivity contribution is 5.52. The summed E-state index contributed by atoms with van der Waals surface area (Å²) in [5.41, 5.74) is 2.69. The van der Waals surface area contributed by atoms with Gasteiger partial charge < -0.3 is 10.6 Å². The van der Waals surface area contributed by atoms with Crippen molar-refractivity contribution in [3.05, 3.63) is 29.8 Å². The molecular formula is C18H32N2.